The molecule has 0 saturated heterocycles. The van der Waals surface area contributed by atoms with E-state index in [0.717, 1.165) is 24.4 Å². The first kappa shape index (κ1) is 12.5. The number of nitrogens with one attached hydrogen (secondary N) is 1. The molecular weight excluding hydrogens is 238 g/mol. The van der Waals surface area contributed by atoms with Gasteiger partial charge in [0.05, 0.1) is 5.02 Å². The molecule has 0 radical (unpaired) electrons. The largest absolute Gasteiger partial charge is 0.486 e. The van der Waals surface area contributed by atoms with Gasteiger partial charge in [-0.05, 0) is 30.7 Å². The molecule has 1 aliphatic rings. The summed E-state index contributed by atoms with van der Waals surface area (Å²) in [7, 11) is 0. The maximum atomic E-state index is 6.15. The van der Waals surface area contributed by atoms with E-state index in [4.69, 9.17) is 21.1 Å². The summed E-state index contributed by atoms with van der Waals surface area (Å²) in [5.41, 5.74) is 1.13. The molecular formula is C13H18ClNO2. The molecule has 94 valence electrons. The lowest BCUT2D eigenvalue weighted by Gasteiger charge is -2.20. The smallest absolute Gasteiger partial charge is 0.179 e. The average Bonchev–Trinajstić information content (AvgIpc) is 2.35. The molecule has 0 fully saturated rings. The molecule has 0 saturated carbocycles. The van der Waals surface area contributed by atoms with Gasteiger partial charge >= 0.3 is 0 Å². The lowest BCUT2D eigenvalue weighted by molar-refractivity contribution is 0.171. The van der Waals surface area contributed by atoms with Crippen molar-refractivity contribution < 1.29 is 9.47 Å². The zero-order valence-corrected chi connectivity index (χ0v) is 10.8. The van der Waals surface area contributed by atoms with E-state index in [1.807, 2.05) is 12.1 Å². The zero-order valence-electron chi connectivity index (χ0n) is 10.1. The number of rotatable bonds is 5. The van der Waals surface area contributed by atoms with Crippen LogP contribution in [0.3, 0.4) is 0 Å². The second-order valence-electron chi connectivity index (χ2n) is 4.13. The lowest BCUT2D eigenvalue weighted by Crippen LogP contribution is -2.17. The molecule has 0 spiro atoms. The van der Waals surface area contributed by atoms with Crippen LogP contribution in [0.2, 0.25) is 5.02 Å². The molecule has 1 N–H and O–H groups in total. The maximum Gasteiger partial charge on any atom is 0.179 e. The number of fused-ring (bicyclic) bond motifs is 1. The van der Waals surface area contributed by atoms with E-state index in [9.17, 15) is 0 Å². The van der Waals surface area contributed by atoms with Gasteiger partial charge in [0.2, 0.25) is 0 Å². The molecule has 3 nitrogen and oxygen atoms in total. The van der Waals surface area contributed by atoms with E-state index >= 15 is 0 Å². The minimum absolute atomic E-state index is 0.570. The topological polar surface area (TPSA) is 30.5 Å². The van der Waals surface area contributed by atoms with Gasteiger partial charge in [-0.3, -0.25) is 0 Å². The number of unbranched alkanes of at least 4 members (excludes halogenated alkanes) is 1. The van der Waals surface area contributed by atoms with Crippen LogP contribution in [0, 0.1) is 0 Å². The van der Waals surface area contributed by atoms with Crippen molar-refractivity contribution in [2.75, 3.05) is 19.8 Å². The number of ether oxygens (including phenoxy) is 2. The Morgan fingerprint density at radius 3 is 2.94 bits per heavy atom. The van der Waals surface area contributed by atoms with Crippen molar-refractivity contribution >= 4 is 11.6 Å². The van der Waals surface area contributed by atoms with Gasteiger partial charge in [0.15, 0.2) is 11.5 Å². The van der Waals surface area contributed by atoms with E-state index in [-0.39, 0.29) is 0 Å². The van der Waals surface area contributed by atoms with Gasteiger partial charge in [-0.1, -0.05) is 24.9 Å². The van der Waals surface area contributed by atoms with Crippen LogP contribution < -0.4 is 14.8 Å². The summed E-state index contributed by atoms with van der Waals surface area (Å²) in [6, 6.07) is 3.94. The number of benzene rings is 1. The van der Waals surface area contributed by atoms with Gasteiger partial charge < -0.3 is 14.8 Å². The highest BCUT2D eigenvalue weighted by atomic mass is 35.5. The Kier molecular flexibility index (Phi) is 4.51. The normalized spacial score (nSPS) is 13.8. The van der Waals surface area contributed by atoms with E-state index in [0.29, 0.717) is 24.0 Å². The first-order valence-electron chi connectivity index (χ1n) is 6.10. The standard InChI is InChI=1S/C13H18ClNO2/c1-2-3-4-15-9-10-7-11(14)13-12(8-10)16-5-6-17-13/h7-8,15H,2-6,9H2,1H3. The van der Waals surface area contributed by atoms with Gasteiger partial charge in [-0.2, -0.15) is 0 Å². The average molecular weight is 256 g/mol. The summed E-state index contributed by atoms with van der Waals surface area (Å²) in [5.74, 6) is 1.44. The van der Waals surface area contributed by atoms with E-state index in [1.165, 1.54) is 12.8 Å². The molecule has 2 rings (SSSR count). The molecule has 1 aromatic rings. The van der Waals surface area contributed by atoms with Crippen LogP contribution in [0.15, 0.2) is 12.1 Å². The Bertz CT molecular complexity index is 382. The molecule has 0 unspecified atom stereocenters. The Balaban J connectivity index is 2.01. The van der Waals surface area contributed by atoms with Gasteiger partial charge in [0, 0.05) is 6.54 Å². The first-order valence-corrected chi connectivity index (χ1v) is 6.48. The SMILES string of the molecule is CCCCNCc1cc(Cl)c2c(c1)OCCO2. The van der Waals surface area contributed by atoms with Crippen molar-refractivity contribution in [2.45, 2.75) is 26.3 Å². The highest BCUT2D eigenvalue weighted by Crippen LogP contribution is 2.38. The summed E-state index contributed by atoms with van der Waals surface area (Å²) in [6.07, 6.45) is 2.40. The van der Waals surface area contributed by atoms with Crippen molar-refractivity contribution in [1.82, 2.24) is 5.32 Å². The quantitative estimate of drug-likeness (QED) is 0.821. The Morgan fingerprint density at radius 2 is 2.12 bits per heavy atom. The van der Waals surface area contributed by atoms with Gasteiger partial charge in [0.25, 0.3) is 0 Å². The molecule has 0 atom stereocenters. The molecule has 17 heavy (non-hydrogen) atoms. The van der Waals surface area contributed by atoms with Crippen LogP contribution in [0.5, 0.6) is 11.5 Å². The molecule has 1 aliphatic heterocycles. The third-order valence-corrected chi connectivity index (χ3v) is 2.97. The second kappa shape index (κ2) is 6.12. The fourth-order valence-corrected chi connectivity index (χ4v) is 2.09. The minimum Gasteiger partial charge on any atom is -0.486 e. The van der Waals surface area contributed by atoms with Crippen LogP contribution >= 0.6 is 11.6 Å². The van der Waals surface area contributed by atoms with Crippen molar-refractivity contribution in [3.63, 3.8) is 0 Å². The molecule has 1 heterocycles. The second-order valence-corrected chi connectivity index (χ2v) is 4.54. The predicted molar refractivity (Wildman–Crippen MR) is 69.1 cm³/mol. The summed E-state index contributed by atoms with van der Waals surface area (Å²) in [4.78, 5) is 0. The third kappa shape index (κ3) is 3.27. The van der Waals surface area contributed by atoms with Crippen molar-refractivity contribution in [1.29, 1.82) is 0 Å². The number of halogens is 1. The zero-order chi connectivity index (χ0) is 12.1. The number of hydrogen-bond donors (Lipinski definition) is 1. The maximum absolute atomic E-state index is 6.15. The van der Waals surface area contributed by atoms with Crippen LogP contribution in [0.4, 0.5) is 0 Å². The molecule has 0 amide bonds. The monoisotopic (exact) mass is 255 g/mol. The molecule has 0 aromatic heterocycles. The van der Waals surface area contributed by atoms with Gasteiger partial charge in [-0.15, -0.1) is 0 Å². The Hall–Kier alpha value is -0.930. The number of hydrogen-bond acceptors (Lipinski definition) is 3. The van der Waals surface area contributed by atoms with Gasteiger partial charge in [-0.25, -0.2) is 0 Å². The molecule has 4 heteroatoms. The van der Waals surface area contributed by atoms with Crippen molar-refractivity contribution in [3.8, 4) is 11.5 Å². The van der Waals surface area contributed by atoms with Crippen LogP contribution in [-0.4, -0.2) is 19.8 Å². The third-order valence-electron chi connectivity index (χ3n) is 2.69. The van der Waals surface area contributed by atoms with Crippen molar-refractivity contribution in [3.05, 3.63) is 22.7 Å². The van der Waals surface area contributed by atoms with Crippen LogP contribution in [-0.2, 0) is 6.54 Å². The Labute approximate surface area is 107 Å². The van der Waals surface area contributed by atoms with Crippen LogP contribution in [0.25, 0.3) is 0 Å². The van der Waals surface area contributed by atoms with Gasteiger partial charge in [0.1, 0.15) is 13.2 Å². The lowest BCUT2D eigenvalue weighted by atomic mass is 10.2. The van der Waals surface area contributed by atoms with E-state index in [1.54, 1.807) is 0 Å². The van der Waals surface area contributed by atoms with E-state index < -0.39 is 0 Å². The molecule has 0 bridgehead atoms. The summed E-state index contributed by atoms with van der Waals surface area (Å²) in [5, 5.41) is 4.02. The highest BCUT2D eigenvalue weighted by Gasteiger charge is 2.16. The molecule has 0 aliphatic carbocycles. The first-order chi connectivity index (χ1) is 8.31. The fourth-order valence-electron chi connectivity index (χ4n) is 1.80. The fraction of sp³-hybridized carbons (Fsp3) is 0.538. The Morgan fingerprint density at radius 1 is 1.29 bits per heavy atom. The summed E-state index contributed by atoms with van der Waals surface area (Å²) >= 11 is 6.15. The molecule has 1 aromatic carbocycles. The van der Waals surface area contributed by atoms with E-state index in [2.05, 4.69) is 12.2 Å². The van der Waals surface area contributed by atoms with Crippen molar-refractivity contribution in [2.24, 2.45) is 0 Å². The highest BCUT2D eigenvalue weighted by molar-refractivity contribution is 6.32. The summed E-state index contributed by atoms with van der Waals surface area (Å²) in [6.45, 7) is 5.19. The van der Waals surface area contributed by atoms with Crippen LogP contribution in [0.1, 0.15) is 25.3 Å². The minimum atomic E-state index is 0.570. The predicted octanol–water partition coefficient (Wildman–Crippen LogP) is 3.00. The summed E-state index contributed by atoms with van der Waals surface area (Å²) < 4.78 is 11.0.